The molecule has 6 aromatic rings. The fourth-order valence-electron chi connectivity index (χ4n) is 4.14. The number of amides is 1. The van der Waals surface area contributed by atoms with Crippen molar-refractivity contribution >= 4 is 44.9 Å². The van der Waals surface area contributed by atoms with Crippen molar-refractivity contribution in [3.05, 3.63) is 72.3 Å². The summed E-state index contributed by atoms with van der Waals surface area (Å²) in [4.78, 5) is 24.7. The van der Waals surface area contributed by atoms with Gasteiger partial charge in [-0.05, 0) is 48.0 Å². The number of thiophene rings is 1. The van der Waals surface area contributed by atoms with Crippen LogP contribution in [-0.2, 0) is 4.79 Å². The second-order valence-corrected chi connectivity index (χ2v) is 9.14. The van der Waals surface area contributed by atoms with Gasteiger partial charge in [-0.1, -0.05) is 13.0 Å². The second kappa shape index (κ2) is 8.44. The van der Waals surface area contributed by atoms with Crippen LogP contribution in [0.5, 0.6) is 0 Å². The summed E-state index contributed by atoms with van der Waals surface area (Å²) in [6.45, 7) is 1.81. The summed E-state index contributed by atoms with van der Waals surface area (Å²) in [7, 11) is 0. The van der Waals surface area contributed by atoms with Crippen molar-refractivity contribution in [1.29, 1.82) is 0 Å². The van der Waals surface area contributed by atoms with E-state index >= 15 is 0 Å². The molecule has 0 aliphatic heterocycles. The van der Waals surface area contributed by atoms with E-state index in [9.17, 15) is 9.18 Å². The van der Waals surface area contributed by atoms with Gasteiger partial charge >= 0.3 is 0 Å². The molecule has 0 aliphatic rings. The van der Waals surface area contributed by atoms with Crippen LogP contribution in [0.3, 0.4) is 0 Å². The number of aromatic amines is 2. The van der Waals surface area contributed by atoms with Crippen LogP contribution in [-0.4, -0.2) is 31.1 Å². The molecule has 0 atom stereocenters. The van der Waals surface area contributed by atoms with Gasteiger partial charge in [0.1, 0.15) is 11.3 Å². The maximum absolute atomic E-state index is 13.7. The lowest BCUT2D eigenvalue weighted by molar-refractivity contribution is -0.115. The van der Waals surface area contributed by atoms with E-state index in [1.54, 1.807) is 24.7 Å². The van der Waals surface area contributed by atoms with Crippen LogP contribution in [0.2, 0.25) is 0 Å². The second-order valence-electron chi connectivity index (χ2n) is 8.10. The molecule has 1 aromatic carbocycles. The molecule has 7 nitrogen and oxygen atoms in total. The zero-order valence-electron chi connectivity index (χ0n) is 18.6. The molecule has 1 amide bonds. The monoisotopic (exact) mass is 482 g/mol. The first-order valence-corrected chi connectivity index (χ1v) is 11.9. The van der Waals surface area contributed by atoms with E-state index in [0.29, 0.717) is 17.8 Å². The zero-order chi connectivity index (χ0) is 23.9. The Hall–Kier alpha value is -4.37. The van der Waals surface area contributed by atoms with E-state index in [1.165, 1.54) is 6.07 Å². The molecule has 6 rings (SSSR count). The average Bonchev–Trinajstić information content (AvgIpc) is 3.61. The van der Waals surface area contributed by atoms with E-state index in [4.69, 9.17) is 0 Å². The van der Waals surface area contributed by atoms with Crippen LogP contribution < -0.4 is 5.32 Å². The normalized spacial score (nSPS) is 11.4. The summed E-state index contributed by atoms with van der Waals surface area (Å²) in [5.74, 6) is -0.0615. The minimum atomic E-state index is -0.223. The number of anilines is 1. The Balaban J connectivity index is 1.43. The molecule has 5 aromatic heterocycles. The van der Waals surface area contributed by atoms with Crippen LogP contribution in [0, 0.1) is 5.13 Å². The summed E-state index contributed by atoms with van der Waals surface area (Å²) in [6, 6.07) is 15.1. The van der Waals surface area contributed by atoms with Gasteiger partial charge in [0.05, 0.1) is 23.1 Å². The molecule has 35 heavy (non-hydrogen) atoms. The molecule has 0 saturated heterocycles. The summed E-state index contributed by atoms with van der Waals surface area (Å²) in [6.07, 6.45) is 5.51. The van der Waals surface area contributed by atoms with Crippen molar-refractivity contribution < 1.29 is 9.18 Å². The first kappa shape index (κ1) is 21.2. The quantitative estimate of drug-likeness (QED) is 0.265. The minimum Gasteiger partial charge on any atom is -0.338 e. The number of carbonyl (C=O) groups is 1. The first-order chi connectivity index (χ1) is 17.1. The molecule has 5 heterocycles. The Bertz CT molecular complexity index is 1720. The van der Waals surface area contributed by atoms with E-state index < -0.39 is 0 Å². The van der Waals surface area contributed by atoms with Crippen molar-refractivity contribution in [3.8, 4) is 33.0 Å². The number of hydrogen-bond donors (Lipinski definition) is 3. The Morgan fingerprint density at radius 2 is 1.97 bits per heavy atom. The maximum atomic E-state index is 13.7. The molecule has 172 valence electrons. The number of halogens is 1. The summed E-state index contributed by atoms with van der Waals surface area (Å²) in [5, 5.41) is 12.1. The van der Waals surface area contributed by atoms with Gasteiger partial charge in [0.2, 0.25) is 5.91 Å². The summed E-state index contributed by atoms with van der Waals surface area (Å²) < 4.78 is 13.7. The van der Waals surface area contributed by atoms with Crippen molar-refractivity contribution in [2.45, 2.75) is 13.3 Å². The molecule has 3 N–H and O–H groups in total. The fraction of sp³-hybridized carbons (Fsp3) is 0.0769. The highest BCUT2D eigenvalue weighted by Gasteiger charge is 2.16. The Morgan fingerprint density at radius 1 is 1.06 bits per heavy atom. The third-order valence-corrected chi connectivity index (χ3v) is 6.77. The van der Waals surface area contributed by atoms with Crippen molar-refractivity contribution in [2.24, 2.45) is 0 Å². The number of carbonyl (C=O) groups excluding carboxylic acids is 1. The third-order valence-electron chi connectivity index (χ3n) is 5.86. The van der Waals surface area contributed by atoms with Gasteiger partial charge in [-0.15, -0.1) is 11.3 Å². The van der Waals surface area contributed by atoms with E-state index in [0.717, 1.165) is 60.6 Å². The number of fused-ring (bicyclic) bond motifs is 2. The lowest BCUT2D eigenvalue weighted by atomic mass is 10.0. The van der Waals surface area contributed by atoms with Crippen molar-refractivity contribution in [1.82, 2.24) is 25.1 Å². The molecule has 0 saturated carbocycles. The Labute approximate surface area is 203 Å². The number of H-pyrrole nitrogens is 2. The highest BCUT2D eigenvalue weighted by molar-refractivity contribution is 7.14. The third kappa shape index (κ3) is 3.85. The standard InChI is InChI=1S/C26H19FN6OS/c1-2-24(34)30-16-9-15(12-28-13-16)14-3-4-20-19(10-14)25(33-32-20)21-11-18-17(7-8-29-26(18)31-21)22-5-6-23(27)35-22/h3-13H,2H2,1H3,(H,29,31)(H,30,34)(H,32,33). The van der Waals surface area contributed by atoms with Crippen molar-refractivity contribution in [3.63, 3.8) is 0 Å². The first-order valence-electron chi connectivity index (χ1n) is 11.1. The molecular weight excluding hydrogens is 463 g/mol. The SMILES string of the molecule is CCC(=O)Nc1cncc(-c2ccc3[nH]nc(-c4cc5c(-c6ccc(F)s6)ccnc5[nH]4)c3c2)c1. The van der Waals surface area contributed by atoms with E-state index in [1.807, 2.05) is 43.3 Å². The van der Waals surface area contributed by atoms with Gasteiger partial charge in [0.15, 0.2) is 5.13 Å². The molecule has 9 heteroatoms. The fourth-order valence-corrected chi connectivity index (χ4v) is 4.91. The number of benzene rings is 1. The minimum absolute atomic E-state index is 0.0615. The van der Waals surface area contributed by atoms with E-state index in [-0.39, 0.29) is 11.0 Å². The van der Waals surface area contributed by atoms with Gasteiger partial charge in [-0.25, -0.2) is 4.98 Å². The van der Waals surface area contributed by atoms with Crippen LogP contribution in [0.1, 0.15) is 13.3 Å². The van der Waals surface area contributed by atoms with Crippen LogP contribution in [0.15, 0.2) is 67.1 Å². The molecule has 0 fully saturated rings. The highest BCUT2D eigenvalue weighted by atomic mass is 32.1. The van der Waals surface area contributed by atoms with Gasteiger partial charge in [-0.3, -0.25) is 14.9 Å². The van der Waals surface area contributed by atoms with Gasteiger partial charge in [0, 0.05) is 45.6 Å². The molecule has 0 aliphatic carbocycles. The predicted molar refractivity (Wildman–Crippen MR) is 137 cm³/mol. The van der Waals surface area contributed by atoms with E-state index in [2.05, 4.69) is 30.5 Å². The number of aromatic nitrogens is 5. The van der Waals surface area contributed by atoms with Crippen LogP contribution >= 0.6 is 11.3 Å². The van der Waals surface area contributed by atoms with Crippen LogP contribution in [0.4, 0.5) is 10.1 Å². The average molecular weight is 483 g/mol. The number of rotatable bonds is 5. The number of nitrogens with one attached hydrogen (secondary N) is 3. The van der Waals surface area contributed by atoms with Gasteiger partial charge in [-0.2, -0.15) is 9.49 Å². The number of nitrogens with zero attached hydrogens (tertiary/aromatic N) is 3. The largest absolute Gasteiger partial charge is 0.338 e. The highest BCUT2D eigenvalue weighted by Crippen LogP contribution is 2.36. The Kier molecular flexibility index (Phi) is 5.11. The molecule has 0 bridgehead atoms. The summed E-state index contributed by atoms with van der Waals surface area (Å²) in [5.41, 5.74) is 6.57. The maximum Gasteiger partial charge on any atom is 0.224 e. The van der Waals surface area contributed by atoms with Crippen molar-refractivity contribution in [2.75, 3.05) is 5.32 Å². The lowest BCUT2D eigenvalue weighted by Crippen LogP contribution is -2.09. The topological polar surface area (TPSA) is 99.3 Å². The number of hydrogen-bond acceptors (Lipinski definition) is 5. The van der Waals surface area contributed by atoms with Gasteiger partial charge in [0.25, 0.3) is 0 Å². The van der Waals surface area contributed by atoms with Gasteiger partial charge < -0.3 is 10.3 Å². The Morgan fingerprint density at radius 3 is 2.80 bits per heavy atom. The molecule has 0 spiro atoms. The lowest BCUT2D eigenvalue weighted by Gasteiger charge is -2.06. The molecule has 0 radical (unpaired) electrons. The summed E-state index contributed by atoms with van der Waals surface area (Å²) >= 11 is 1.11. The van der Waals surface area contributed by atoms with Crippen LogP contribution in [0.25, 0.3) is 54.9 Å². The number of pyridine rings is 2. The smallest absolute Gasteiger partial charge is 0.224 e. The molecular formula is C26H19FN6OS. The zero-order valence-corrected chi connectivity index (χ0v) is 19.4. The molecule has 0 unspecified atom stereocenters. The predicted octanol–water partition coefficient (Wildman–Crippen LogP) is 6.38.